The largest absolute Gasteiger partial charge is 0.446 e. The van der Waals surface area contributed by atoms with Crippen LogP contribution in [0.1, 0.15) is 36.0 Å². The molecule has 2 heterocycles. The predicted octanol–water partition coefficient (Wildman–Crippen LogP) is 6.30. The van der Waals surface area contributed by atoms with Crippen molar-refractivity contribution >= 4 is 6.09 Å². The van der Waals surface area contributed by atoms with E-state index in [4.69, 9.17) is 18.9 Å². The Labute approximate surface area is 231 Å². The van der Waals surface area contributed by atoms with Crippen molar-refractivity contribution in [3.63, 3.8) is 0 Å². The van der Waals surface area contributed by atoms with Crippen molar-refractivity contribution in [2.24, 2.45) is 0 Å². The lowest BCUT2D eigenvalue weighted by molar-refractivity contribution is -0.177. The second kappa shape index (κ2) is 13.6. The minimum Gasteiger partial charge on any atom is -0.446 e. The summed E-state index contributed by atoms with van der Waals surface area (Å²) >= 11 is 0. The summed E-state index contributed by atoms with van der Waals surface area (Å²) in [7, 11) is 0. The molecular weight excluding hydrogens is 490 g/mol. The van der Waals surface area contributed by atoms with Crippen molar-refractivity contribution in [1.82, 2.24) is 4.90 Å². The summed E-state index contributed by atoms with van der Waals surface area (Å²) in [6.45, 7) is 5.50. The summed E-state index contributed by atoms with van der Waals surface area (Å²) in [4.78, 5) is 15.2. The van der Waals surface area contributed by atoms with Crippen molar-refractivity contribution in [2.45, 2.75) is 69.5 Å². The van der Waals surface area contributed by atoms with Gasteiger partial charge < -0.3 is 18.9 Å². The normalized spacial score (nSPS) is 24.6. The summed E-state index contributed by atoms with van der Waals surface area (Å²) in [6.07, 6.45) is 2.74. The van der Waals surface area contributed by atoms with Crippen LogP contribution in [0.15, 0.2) is 104 Å². The van der Waals surface area contributed by atoms with Crippen LogP contribution >= 0.6 is 0 Å². The molecule has 3 aromatic carbocycles. The first-order chi connectivity index (χ1) is 19.2. The maximum Gasteiger partial charge on any atom is 0.410 e. The topological polar surface area (TPSA) is 57.2 Å². The summed E-state index contributed by atoms with van der Waals surface area (Å²) in [5.74, 6) is 0. The molecule has 6 heteroatoms. The lowest BCUT2D eigenvalue weighted by atomic mass is 9.86. The second-order valence-corrected chi connectivity index (χ2v) is 10.2. The molecule has 6 nitrogen and oxygen atoms in total. The van der Waals surface area contributed by atoms with E-state index in [-0.39, 0.29) is 36.5 Å². The molecule has 0 radical (unpaired) electrons. The highest BCUT2D eigenvalue weighted by atomic mass is 16.6. The van der Waals surface area contributed by atoms with Gasteiger partial charge in [0, 0.05) is 18.9 Å². The fourth-order valence-electron chi connectivity index (χ4n) is 5.54. The van der Waals surface area contributed by atoms with E-state index in [1.165, 1.54) is 0 Å². The van der Waals surface area contributed by atoms with Gasteiger partial charge in [0.2, 0.25) is 0 Å². The van der Waals surface area contributed by atoms with Gasteiger partial charge in [-0.25, -0.2) is 4.79 Å². The first-order valence-corrected chi connectivity index (χ1v) is 13.7. The van der Waals surface area contributed by atoms with E-state index in [9.17, 15) is 4.79 Å². The molecule has 0 N–H and O–H groups in total. The third-order valence-corrected chi connectivity index (χ3v) is 7.44. The van der Waals surface area contributed by atoms with E-state index >= 15 is 0 Å². The van der Waals surface area contributed by atoms with Crippen LogP contribution in [-0.4, -0.2) is 48.0 Å². The summed E-state index contributed by atoms with van der Waals surface area (Å²) < 4.78 is 25.2. The van der Waals surface area contributed by atoms with Gasteiger partial charge in [-0.1, -0.05) is 97.1 Å². The number of nitrogens with zero attached hydrogens (tertiary/aromatic N) is 1. The maximum atomic E-state index is 13.4. The van der Waals surface area contributed by atoms with Crippen LogP contribution in [0.5, 0.6) is 0 Å². The molecule has 0 aromatic heterocycles. The monoisotopic (exact) mass is 527 g/mol. The minimum atomic E-state index is -0.385. The first-order valence-electron chi connectivity index (χ1n) is 13.7. The number of amides is 1. The van der Waals surface area contributed by atoms with Gasteiger partial charge in [-0.2, -0.15) is 0 Å². The van der Waals surface area contributed by atoms with Gasteiger partial charge in [0.15, 0.2) is 0 Å². The fourth-order valence-corrected chi connectivity index (χ4v) is 5.54. The predicted molar refractivity (Wildman–Crippen MR) is 150 cm³/mol. The van der Waals surface area contributed by atoms with E-state index in [2.05, 4.69) is 18.7 Å². The molecule has 2 aliphatic rings. The van der Waals surface area contributed by atoms with Gasteiger partial charge in [-0.15, -0.1) is 6.58 Å². The Morgan fingerprint density at radius 1 is 0.795 bits per heavy atom. The van der Waals surface area contributed by atoms with Gasteiger partial charge in [-0.05, 0) is 23.1 Å². The number of piperidine rings is 1. The molecule has 2 saturated heterocycles. The van der Waals surface area contributed by atoms with E-state index in [0.29, 0.717) is 39.3 Å². The van der Waals surface area contributed by atoms with E-state index in [1.54, 1.807) is 0 Å². The number of rotatable bonds is 12. The Bertz CT molecular complexity index is 1170. The zero-order valence-corrected chi connectivity index (χ0v) is 22.3. The molecule has 0 aliphatic carbocycles. The van der Waals surface area contributed by atoms with Crippen molar-refractivity contribution < 1.29 is 23.7 Å². The Kier molecular flexibility index (Phi) is 9.43. The third kappa shape index (κ3) is 7.15. The summed E-state index contributed by atoms with van der Waals surface area (Å²) in [6, 6.07) is 29.9. The quantitative estimate of drug-likeness (QED) is 0.259. The van der Waals surface area contributed by atoms with Crippen molar-refractivity contribution in [3.8, 4) is 0 Å². The highest BCUT2D eigenvalue weighted by molar-refractivity contribution is 5.70. The SMILES string of the molecule is C=CC[C@H]1C[C@@H]2C[C@@H](OCc3ccccc3)[C@H](OCc3ccccc3)[C@H](COCc3ccccc3)N2C(=O)O1. The van der Waals surface area contributed by atoms with Crippen LogP contribution in [0, 0.1) is 0 Å². The van der Waals surface area contributed by atoms with Gasteiger partial charge >= 0.3 is 6.09 Å². The van der Waals surface area contributed by atoms with E-state index in [1.807, 2.05) is 89.8 Å². The van der Waals surface area contributed by atoms with E-state index in [0.717, 1.165) is 23.1 Å². The number of benzene rings is 3. The molecule has 0 unspecified atom stereocenters. The molecule has 0 spiro atoms. The number of hydrogen-bond donors (Lipinski definition) is 0. The summed E-state index contributed by atoms with van der Waals surface area (Å²) in [5.41, 5.74) is 3.25. The Morgan fingerprint density at radius 2 is 1.36 bits per heavy atom. The number of hydrogen-bond acceptors (Lipinski definition) is 5. The zero-order valence-electron chi connectivity index (χ0n) is 22.3. The number of carbonyl (C=O) groups excluding carboxylic acids is 1. The van der Waals surface area contributed by atoms with Crippen LogP contribution in [0.25, 0.3) is 0 Å². The Hall–Kier alpha value is -3.45. The molecule has 2 aliphatic heterocycles. The van der Waals surface area contributed by atoms with Gasteiger partial charge in [0.1, 0.15) is 12.2 Å². The number of carbonyl (C=O) groups is 1. The van der Waals surface area contributed by atoms with Crippen LogP contribution in [0.3, 0.4) is 0 Å². The fraction of sp³-hybridized carbons (Fsp3) is 0.364. The van der Waals surface area contributed by atoms with Crippen molar-refractivity contribution in [1.29, 1.82) is 0 Å². The first kappa shape index (κ1) is 27.1. The van der Waals surface area contributed by atoms with Gasteiger partial charge in [0.25, 0.3) is 0 Å². The smallest absolute Gasteiger partial charge is 0.410 e. The summed E-state index contributed by atoms with van der Waals surface area (Å²) in [5, 5.41) is 0. The molecule has 0 saturated carbocycles. The molecule has 1 amide bonds. The zero-order chi connectivity index (χ0) is 26.9. The molecule has 3 aromatic rings. The standard InChI is InChI=1S/C33H37NO5/c1-2-12-29-19-28-20-31(37-22-26-15-8-4-9-16-26)32(38-23-27-17-10-5-11-18-27)30(34(28)33(35)39-29)24-36-21-25-13-6-3-7-14-25/h2-11,13-18,28-32H,1,12,19-24H2/t28-,29+,30+,31-,32-/m1/s1. The lowest BCUT2D eigenvalue weighted by Crippen LogP contribution is -2.66. The third-order valence-electron chi connectivity index (χ3n) is 7.44. The number of cyclic esters (lactones) is 1. The van der Waals surface area contributed by atoms with Crippen LogP contribution in [0.2, 0.25) is 0 Å². The number of fused-ring (bicyclic) bond motifs is 1. The molecule has 2 fully saturated rings. The lowest BCUT2D eigenvalue weighted by Gasteiger charge is -2.51. The molecule has 0 bridgehead atoms. The van der Waals surface area contributed by atoms with Crippen molar-refractivity contribution in [3.05, 3.63) is 120 Å². The van der Waals surface area contributed by atoms with Gasteiger partial charge in [-0.3, -0.25) is 4.90 Å². The Morgan fingerprint density at radius 3 is 1.95 bits per heavy atom. The average molecular weight is 528 g/mol. The average Bonchev–Trinajstić information content (AvgIpc) is 2.97. The molecule has 5 rings (SSSR count). The maximum absolute atomic E-state index is 13.4. The Balaban J connectivity index is 1.39. The second-order valence-electron chi connectivity index (χ2n) is 10.2. The van der Waals surface area contributed by atoms with Crippen LogP contribution < -0.4 is 0 Å². The van der Waals surface area contributed by atoms with Crippen molar-refractivity contribution in [2.75, 3.05) is 6.61 Å². The van der Waals surface area contributed by atoms with Crippen LogP contribution in [0.4, 0.5) is 4.79 Å². The van der Waals surface area contributed by atoms with Crippen LogP contribution in [-0.2, 0) is 38.8 Å². The minimum absolute atomic E-state index is 0.0288. The molecule has 39 heavy (non-hydrogen) atoms. The molecular formula is C33H37NO5. The molecule has 204 valence electrons. The van der Waals surface area contributed by atoms with Gasteiger partial charge in [0.05, 0.1) is 38.6 Å². The highest BCUT2D eigenvalue weighted by Crippen LogP contribution is 2.36. The highest BCUT2D eigenvalue weighted by Gasteiger charge is 2.50. The molecule has 5 atom stereocenters. The van der Waals surface area contributed by atoms with E-state index < -0.39 is 0 Å². The number of ether oxygens (including phenoxy) is 4.